The number of ketones is 1. The SMILES string of the molecule is CC(C)(C)c1cc(-c2c3nc(c(-c4cc(C(C)(C)C)cc(C(C)(C)C)c4)c4ccc([nH]4)c4c5nc(c(-c6cc(C(C)(C)C)cc(C(C)(C)C)c6)c6ccc2[nH]6)C=C5C(=O)c2ccccc2-4)C=C3)cc(C(C)(C)C)c1. The third kappa shape index (κ3) is 9.15. The maximum absolute atomic E-state index is 15.0. The summed E-state index contributed by atoms with van der Waals surface area (Å²) in [5.41, 5.74) is 22.9. The van der Waals surface area contributed by atoms with Gasteiger partial charge in [-0.1, -0.05) is 203 Å². The Morgan fingerprint density at radius 2 is 0.662 bits per heavy atom. The van der Waals surface area contributed by atoms with Gasteiger partial charge in [-0.25, -0.2) is 9.97 Å². The highest BCUT2D eigenvalue weighted by Gasteiger charge is 2.34. The Hall–Kier alpha value is -6.85. The predicted molar refractivity (Wildman–Crippen MR) is 316 cm³/mol. The lowest BCUT2D eigenvalue weighted by Crippen LogP contribution is -2.16. The molecule has 0 unspecified atom stereocenters. The summed E-state index contributed by atoms with van der Waals surface area (Å²) in [5, 5.41) is 0. The van der Waals surface area contributed by atoms with Gasteiger partial charge in [-0.2, -0.15) is 0 Å². The molecule has 8 bridgehead atoms. The Bertz CT molecular complexity index is 3630. The van der Waals surface area contributed by atoms with Crippen molar-refractivity contribution in [3.63, 3.8) is 0 Å². The molecule has 1 aliphatic carbocycles. The van der Waals surface area contributed by atoms with E-state index in [0.29, 0.717) is 16.8 Å². The molecule has 7 aromatic rings. The molecular formula is C69H76N4O. The number of allylic oxidation sites excluding steroid dienone is 1. The molecule has 0 saturated heterocycles. The summed E-state index contributed by atoms with van der Waals surface area (Å²) in [6.07, 6.45) is 6.47. The lowest BCUT2D eigenvalue weighted by molar-refractivity contribution is 0.105. The first-order chi connectivity index (χ1) is 34.3. The van der Waals surface area contributed by atoms with E-state index in [2.05, 4.69) is 232 Å². The summed E-state index contributed by atoms with van der Waals surface area (Å²) in [4.78, 5) is 34.4. The van der Waals surface area contributed by atoms with Gasteiger partial charge in [0.25, 0.3) is 0 Å². The van der Waals surface area contributed by atoms with Crippen LogP contribution in [-0.4, -0.2) is 25.7 Å². The van der Waals surface area contributed by atoms with Crippen molar-refractivity contribution in [1.82, 2.24) is 19.9 Å². The Morgan fingerprint density at radius 3 is 1.00 bits per heavy atom. The first-order valence-electron chi connectivity index (χ1n) is 26.7. The highest BCUT2D eigenvalue weighted by atomic mass is 16.1. The molecular weight excluding hydrogens is 901 g/mol. The predicted octanol–water partition coefficient (Wildman–Crippen LogP) is 18.7. The van der Waals surface area contributed by atoms with Gasteiger partial charge in [0.2, 0.25) is 0 Å². The van der Waals surface area contributed by atoms with E-state index >= 15 is 0 Å². The molecule has 10 rings (SSSR count). The summed E-state index contributed by atoms with van der Waals surface area (Å²) in [6, 6.07) is 38.1. The summed E-state index contributed by atoms with van der Waals surface area (Å²) in [7, 11) is 0. The molecule has 5 heterocycles. The second-order valence-corrected chi connectivity index (χ2v) is 27.5. The third-order valence-electron chi connectivity index (χ3n) is 15.4. The second-order valence-electron chi connectivity index (χ2n) is 27.5. The number of hydrogen-bond acceptors (Lipinski definition) is 3. The summed E-state index contributed by atoms with van der Waals surface area (Å²) < 4.78 is 0. The molecule has 0 spiro atoms. The van der Waals surface area contributed by atoms with Crippen LogP contribution in [0.25, 0.3) is 90.4 Å². The number of nitrogens with zero attached hydrogens (tertiary/aromatic N) is 2. The second kappa shape index (κ2) is 17.1. The van der Waals surface area contributed by atoms with Crippen molar-refractivity contribution in [2.75, 3.05) is 0 Å². The highest BCUT2D eigenvalue weighted by Crippen LogP contribution is 2.47. The number of rotatable bonds is 3. The van der Waals surface area contributed by atoms with Crippen molar-refractivity contribution >= 4 is 51.7 Å². The van der Waals surface area contributed by atoms with Crippen LogP contribution in [0.4, 0.5) is 0 Å². The fraction of sp³-hybridized carbons (Fsp3) is 0.348. The van der Waals surface area contributed by atoms with Crippen LogP contribution in [-0.2, 0) is 32.5 Å². The number of hydrogen-bond donors (Lipinski definition) is 2. The molecule has 3 aromatic heterocycles. The largest absolute Gasteiger partial charge is 0.354 e. The number of nitrogens with one attached hydrogen (secondary N) is 2. The average molecular weight is 977 g/mol. The smallest absolute Gasteiger partial charge is 0.195 e. The van der Waals surface area contributed by atoms with Gasteiger partial charge in [-0.15, -0.1) is 0 Å². The zero-order chi connectivity index (χ0) is 53.4. The Balaban J connectivity index is 1.45. The zero-order valence-corrected chi connectivity index (χ0v) is 47.3. The quantitative estimate of drug-likeness (QED) is 0.185. The van der Waals surface area contributed by atoms with E-state index in [1.165, 1.54) is 33.4 Å². The lowest BCUT2D eigenvalue weighted by atomic mass is 9.78. The number of aromatic amines is 2. The number of H-pyrrole nitrogens is 2. The normalized spacial score (nSPS) is 14.1. The van der Waals surface area contributed by atoms with Gasteiger partial charge in [0.1, 0.15) is 0 Å². The number of aromatic nitrogens is 4. The fourth-order valence-corrected chi connectivity index (χ4v) is 10.6. The molecule has 2 aliphatic heterocycles. The minimum atomic E-state index is -0.137. The number of carbonyl (C=O) groups excluding carboxylic acids is 1. The Morgan fingerprint density at radius 1 is 0.351 bits per heavy atom. The van der Waals surface area contributed by atoms with Gasteiger partial charge in [-0.05, 0) is 131 Å². The van der Waals surface area contributed by atoms with Gasteiger partial charge < -0.3 is 9.97 Å². The molecule has 74 heavy (non-hydrogen) atoms. The van der Waals surface area contributed by atoms with Crippen molar-refractivity contribution < 1.29 is 4.79 Å². The van der Waals surface area contributed by atoms with Crippen molar-refractivity contribution in [1.29, 1.82) is 0 Å². The molecule has 0 atom stereocenters. The van der Waals surface area contributed by atoms with Crippen LogP contribution in [0, 0.1) is 0 Å². The minimum absolute atomic E-state index is 0.0219. The summed E-state index contributed by atoms with van der Waals surface area (Å²) >= 11 is 0. The molecule has 5 heteroatoms. The van der Waals surface area contributed by atoms with Crippen LogP contribution in [0.2, 0.25) is 0 Å². The van der Waals surface area contributed by atoms with E-state index < -0.39 is 0 Å². The van der Waals surface area contributed by atoms with Gasteiger partial charge in [0.15, 0.2) is 5.78 Å². The van der Waals surface area contributed by atoms with Crippen LogP contribution < -0.4 is 0 Å². The molecule has 0 fully saturated rings. The summed E-state index contributed by atoms with van der Waals surface area (Å²) in [6.45, 7) is 41.3. The molecule has 378 valence electrons. The van der Waals surface area contributed by atoms with Gasteiger partial charge in [-0.3, -0.25) is 4.79 Å². The molecule has 0 amide bonds. The molecule has 5 nitrogen and oxygen atoms in total. The van der Waals surface area contributed by atoms with Crippen molar-refractivity contribution in [3.05, 3.63) is 165 Å². The van der Waals surface area contributed by atoms with Gasteiger partial charge in [0.05, 0.1) is 28.3 Å². The Labute approximate surface area is 440 Å². The van der Waals surface area contributed by atoms with E-state index in [0.717, 1.165) is 83.7 Å². The van der Waals surface area contributed by atoms with Crippen LogP contribution in [0.3, 0.4) is 0 Å². The van der Waals surface area contributed by atoms with Crippen molar-refractivity contribution in [2.45, 2.75) is 157 Å². The standard InChI is InChI=1S/C69H76N4O/c1-64(2,3)42-29-39(30-43(35-42)65(4,5)6)58-51-23-24-52(70-51)59(40-31-44(66(7,8)9)36-45(32-40)67(10,11)12)54-27-28-56(72-54)61-48-21-19-20-22-49(48)63(74)50-38-57(73-62(50)61)60(55-26-25-53(58)71-55)41-33-46(68(13,14)15)37-47(34-41)69(16,17)18/h19-38,71-72H,1-18H3. The summed E-state index contributed by atoms with van der Waals surface area (Å²) in [5.74, 6) is -0.0219. The first kappa shape index (κ1) is 50.7. The number of carbonyl (C=O) groups is 1. The van der Waals surface area contributed by atoms with E-state index in [-0.39, 0.29) is 38.3 Å². The molecule has 0 radical (unpaired) electrons. The van der Waals surface area contributed by atoms with E-state index in [9.17, 15) is 4.79 Å². The van der Waals surface area contributed by atoms with Crippen molar-refractivity contribution in [3.8, 4) is 44.5 Å². The number of benzene rings is 4. The number of Topliss-reactive ketones (excluding diaryl/α,β-unsaturated/α-hetero) is 1. The monoisotopic (exact) mass is 977 g/mol. The maximum atomic E-state index is 15.0. The average Bonchev–Trinajstić information content (AvgIpc) is 4.14. The molecule has 0 saturated carbocycles. The van der Waals surface area contributed by atoms with Gasteiger partial charge in [0, 0.05) is 49.9 Å². The molecule has 3 aliphatic rings. The highest BCUT2D eigenvalue weighted by molar-refractivity contribution is 6.38. The van der Waals surface area contributed by atoms with E-state index in [1.807, 2.05) is 24.3 Å². The van der Waals surface area contributed by atoms with Crippen LogP contribution in [0.5, 0.6) is 0 Å². The van der Waals surface area contributed by atoms with E-state index in [1.54, 1.807) is 0 Å². The Kier molecular flexibility index (Phi) is 11.7. The van der Waals surface area contributed by atoms with Crippen LogP contribution in [0.1, 0.15) is 191 Å². The first-order valence-corrected chi connectivity index (χ1v) is 26.7. The molecule has 4 aromatic carbocycles. The topological polar surface area (TPSA) is 74.4 Å². The maximum Gasteiger partial charge on any atom is 0.195 e. The fourth-order valence-electron chi connectivity index (χ4n) is 10.6. The molecule has 2 N–H and O–H groups in total. The lowest BCUT2D eigenvalue weighted by Gasteiger charge is -2.26. The van der Waals surface area contributed by atoms with Gasteiger partial charge >= 0.3 is 0 Å². The van der Waals surface area contributed by atoms with Crippen molar-refractivity contribution in [2.24, 2.45) is 0 Å². The van der Waals surface area contributed by atoms with E-state index in [4.69, 9.17) is 9.97 Å². The van der Waals surface area contributed by atoms with Crippen LogP contribution in [0.15, 0.2) is 103 Å². The van der Waals surface area contributed by atoms with Crippen LogP contribution >= 0.6 is 0 Å². The zero-order valence-electron chi connectivity index (χ0n) is 47.3. The number of fused-ring (bicyclic) bond motifs is 10. The minimum Gasteiger partial charge on any atom is -0.354 e. The third-order valence-corrected chi connectivity index (χ3v) is 15.4.